The molecule has 1 N–H and O–H groups in total. The summed E-state index contributed by atoms with van der Waals surface area (Å²) in [6.07, 6.45) is 0. The summed E-state index contributed by atoms with van der Waals surface area (Å²) in [5.74, 6) is 0.786. The summed E-state index contributed by atoms with van der Waals surface area (Å²) in [4.78, 5) is 11.5. The van der Waals surface area contributed by atoms with E-state index >= 15 is 0 Å². The van der Waals surface area contributed by atoms with Gasteiger partial charge in [0.2, 0.25) is 10.0 Å². The predicted molar refractivity (Wildman–Crippen MR) is 135 cm³/mol. The Morgan fingerprint density at radius 2 is 1.87 bits per heavy atom. The van der Waals surface area contributed by atoms with E-state index in [9.17, 15) is 8.42 Å². The first-order valence-electron chi connectivity index (χ1n) is 9.62. The molecule has 1 aromatic carbocycles. The zero-order chi connectivity index (χ0) is 21.6. The van der Waals surface area contributed by atoms with E-state index in [1.165, 1.54) is 4.31 Å². The van der Waals surface area contributed by atoms with Crippen molar-refractivity contribution in [2.45, 2.75) is 51.7 Å². The van der Waals surface area contributed by atoms with Crippen LogP contribution in [0.5, 0.6) is 0 Å². The van der Waals surface area contributed by atoms with Gasteiger partial charge in [-0.1, -0.05) is 12.1 Å². The van der Waals surface area contributed by atoms with E-state index in [4.69, 9.17) is 0 Å². The number of halogens is 1. The summed E-state index contributed by atoms with van der Waals surface area (Å²) in [5.41, 5.74) is 1.97. The van der Waals surface area contributed by atoms with Gasteiger partial charge >= 0.3 is 0 Å². The fourth-order valence-electron chi connectivity index (χ4n) is 2.65. The van der Waals surface area contributed by atoms with Crippen molar-refractivity contribution in [3.8, 4) is 0 Å². The van der Waals surface area contributed by atoms with Crippen LogP contribution < -0.4 is 5.32 Å². The number of aromatic nitrogens is 1. The smallest absolute Gasteiger partial charge is 0.243 e. The molecule has 0 spiro atoms. The van der Waals surface area contributed by atoms with E-state index in [-0.39, 0.29) is 30.0 Å². The van der Waals surface area contributed by atoms with Crippen LogP contribution in [0, 0.1) is 6.92 Å². The Balaban J connectivity index is 0.00000450. The summed E-state index contributed by atoms with van der Waals surface area (Å²) in [6, 6.07) is 6.83. The molecule has 0 saturated heterocycles. The van der Waals surface area contributed by atoms with Crippen molar-refractivity contribution >= 4 is 51.3 Å². The minimum atomic E-state index is -3.47. The van der Waals surface area contributed by atoms with Gasteiger partial charge in [0, 0.05) is 32.1 Å². The van der Waals surface area contributed by atoms with Gasteiger partial charge in [-0.2, -0.15) is 4.31 Å². The van der Waals surface area contributed by atoms with Crippen LogP contribution in [0.4, 0.5) is 0 Å². The first kappa shape index (κ1) is 26.8. The van der Waals surface area contributed by atoms with E-state index in [1.54, 1.807) is 30.5 Å². The average Bonchev–Trinajstić information content (AvgIpc) is 3.09. The average molecular weight is 566 g/mol. The summed E-state index contributed by atoms with van der Waals surface area (Å²) in [7, 11) is 0.108. The standard InChI is InChI=1S/C20H31N5O2S2.HI/c1-7-21-20(24(5)13-18-14-28-16(4)23-18)22-12-17-8-10-19(11-9-17)29(26,27)25(6)15(2)3;/h8-11,14-15H,7,12-13H2,1-6H3,(H,21,22);1H. The van der Waals surface area contributed by atoms with Crippen molar-refractivity contribution in [2.75, 3.05) is 20.6 Å². The van der Waals surface area contributed by atoms with E-state index in [0.717, 1.165) is 28.8 Å². The lowest BCUT2D eigenvalue weighted by Gasteiger charge is -2.21. The third-order valence-corrected chi connectivity index (χ3v) is 7.37. The highest BCUT2D eigenvalue weighted by molar-refractivity contribution is 14.0. The minimum absolute atomic E-state index is 0. The second-order valence-electron chi connectivity index (χ2n) is 7.14. The molecule has 2 rings (SSSR count). The lowest BCUT2D eigenvalue weighted by Crippen LogP contribution is -2.38. The molecule has 168 valence electrons. The molecule has 0 aliphatic rings. The minimum Gasteiger partial charge on any atom is -0.357 e. The lowest BCUT2D eigenvalue weighted by atomic mass is 10.2. The molecule has 0 atom stereocenters. The second-order valence-corrected chi connectivity index (χ2v) is 10.2. The third-order valence-electron chi connectivity index (χ3n) is 4.50. The van der Waals surface area contributed by atoms with E-state index in [0.29, 0.717) is 18.0 Å². The highest BCUT2D eigenvalue weighted by atomic mass is 127. The monoisotopic (exact) mass is 565 g/mol. The van der Waals surface area contributed by atoms with Crippen LogP contribution >= 0.6 is 35.3 Å². The van der Waals surface area contributed by atoms with Gasteiger partial charge < -0.3 is 10.2 Å². The lowest BCUT2D eigenvalue weighted by molar-refractivity contribution is 0.410. The maximum atomic E-state index is 12.6. The Kier molecular flexibility index (Phi) is 10.7. The molecule has 0 saturated carbocycles. The van der Waals surface area contributed by atoms with Crippen LogP contribution in [0.2, 0.25) is 0 Å². The Bertz CT molecular complexity index is 927. The molecule has 2 aromatic rings. The van der Waals surface area contributed by atoms with Gasteiger partial charge in [-0.25, -0.2) is 18.4 Å². The quantitative estimate of drug-likeness (QED) is 0.300. The predicted octanol–water partition coefficient (Wildman–Crippen LogP) is 3.70. The van der Waals surface area contributed by atoms with Crippen molar-refractivity contribution < 1.29 is 8.42 Å². The largest absolute Gasteiger partial charge is 0.357 e. The molecule has 0 radical (unpaired) electrons. The molecular weight excluding hydrogens is 533 g/mol. The number of rotatable bonds is 8. The number of nitrogens with zero attached hydrogens (tertiary/aromatic N) is 4. The molecule has 30 heavy (non-hydrogen) atoms. The molecule has 0 aliphatic heterocycles. The van der Waals surface area contributed by atoms with Crippen LogP contribution in [-0.4, -0.2) is 55.2 Å². The first-order valence-corrected chi connectivity index (χ1v) is 11.9. The fraction of sp³-hybridized carbons (Fsp3) is 0.500. The van der Waals surface area contributed by atoms with Crippen LogP contribution in [0.15, 0.2) is 39.5 Å². The normalized spacial score (nSPS) is 12.2. The molecule has 1 heterocycles. The van der Waals surface area contributed by atoms with Crippen LogP contribution in [0.1, 0.15) is 37.0 Å². The summed E-state index contributed by atoms with van der Waals surface area (Å²) in [6.45, 7) is 9.63. The molecule has 0 amide bonds. The molecule has 1 aromatic heterocycles. The second kappa shape index (κ2) is 12.0. The number of aliphatic imine (C=N–C) groups is 1. The first-order chi connectivity index (χ1) is 13.6. The number of benzene rings is 1. The Labute approximate surface area is 201 Å². The van der Waals surface area contributed by atoms with Crippen LogP contribution in [0.3, 0.4) is 0 Å². The van der Waals surface area contributed by atoms with E-state index in [1.807, 2.05) is 51.8 Å². The zero-order valence-corrected chi connectivity index (χ0v) is 22.4. The molecule has 7 nitrogen and oxygen atoms in total. The van der Waals surface area contributed by atoms with E-state index in [2.05, 4.69) is 20.7 Å². The SMILES string of the molecule is CCNC(=NCc1ccc(S(=O)(=O)N(C)C(C)C)cc1)N(C)Cc1csc(C)n1.I. The van der Waals surface area contributed by atoms with Crippen molar-refractivity contribution in [3.05, 3.63) is 45.9 Å². The molecule has 0 fully saturated rings. The number of hydrogen-bond donors (Lipinski definition) is 1. The highest BCUT2D eigenvalue weighted by Gasteiger charge is 2.22. The number of nitrogens with one attached hydrogen (secondary N) is 1. The fourth-order valence-corrected chi connectivity index (χ4v) is 4.62. The molecule has 0 bridgehead atoms. The van der Waals surface area contributed by atoms with Gasteiger partial charge in [0.25, 0.3) is 0 Å². The Morgan fingerprint density at radius 1 is 1.23 bits per heavy atom. The number of sulfonamides is 1. The van der Waals surface area contributed by atoms with Crippen molar-refractivity contribution in [1.82, 2.24) is 19.5 Å². The highest BCUT2D eigenvalue weighted by Crippen LogP contribution is 2.17. The number of guanidine groups is 1. The number of hydrogen-bond acceptors (Lipinski definition) is 5. The van der Waals surface area contributed by atoms with Gasteiger partial charge in [-0.15, -0.1) is 35.3 Å². The van der Waals surface area contributed by atoms with Crippen LogP contribution in [-0.2, 0) is 23.1 Å². The van der Waals surface area contributed by atoms with Crippen molar-refractivity contribution in [1.29, 1.82) is 0 Å². The summed E-state index contributed by atoms with van der Waals surface area (Å²) in [5, 5.41) is 6.40. The maximum Gasteiger partial charge on any atom is 0.243 e. The van der Waals surface area contributed by atoms with Gasteiger partial charge in [-0.05, 0) is 45.4 Å². The van der Waals surface area contributed by atoms with Crippen molar-refractivity contribution in [2.24, 2.45) is 4.99 Å². The Morgan fingerprint density at radius 3 is 2.37 bits per heavy atom. The third kappa shape index (κ3) is 7.17. The van der Waals surface area contributed by atoms with Gasteiger partial charge in [0.15, 0.2) is 5.96 Å². The number of aryl methyl sites for hydroxylation is 1. The topological polar surface area (TPSA) is 77.9 Å². The van der Waals surface area contributed by atoms with Gasteiger partial charge in [0.05, 0.1) is 28.7 Å². The molecule has 0 aliphatic carbocycles. The van der Waals surface area contributed by atoms with Crippen molar-refractivity contribution in [3.63, 3.8) is 0 Å². The maximum absolute atomic E-state index is 12.6. The zero-order valence-electron chi connectivity index (χ0n) is 18.4. The van der Waals surface area contributed by atoms with Crippen LogP contribution in [0.25, 0.3) is 0 Å². The molecule has 0 unspecified atom stereocenters. The van der Waals surface area contributed by atoms with Gasteiger partial charge in [0.1, 0.15) is 0 Å². The Hall–Kier alpha value is -1.24. The molecule has 10 heteroatoms. The molecular formula is C20H32IN5O2S2. The summed E-state index contributed by atoms with van der Waals surface area (Å²) < 4.78 is 26.5. The van der Waals surface area contributed by atoms with E-state index < -0.39 is 10.0 Å². The summed E-state index contributed by atoms with van der Waals surface area (Å²) >= 11 is 1.64. The van der Waals surface area contributed by atoms with Gasteiger partial charge in [-0.3, -0.25) is 0 Å². The number of thiazole rings is 1.